The molecule has 0 saturated heterocycles. The topological polar surface area (TPSA) is 0 Å². The summed E-state index contributed by atoms with van der Waals surface area (Å²) in [4.78, 5) is 0. The van der Waals surface area contributed by atoms with E-state index in [9.17, 15) is 0 Å². The zero-order valence-corrected chi connectivity index (χ0v) is 29.0. The summed E-state index contributed by atoms with van der Waals surface area (Å²) in [6.07, 6.45) is 6.61. The molecule has 0 spiro atoms. The SMILES string of the molecule is CC(C)(C)C1CCCc2ccccc21.CC(C)(C)C1CCc2ccccc21.CC(C)(C)C1c2ccccc2-c2ccccc21. The van der Waals surface area contributed by atoms with Crippen LogP contribution < -0.4 is 0 Å². The number of fused-ring (bicyclic) bond motifs is 5. The van der Waals surface area contributed by atoms with Gasteiger partial charge in [-0.15, -0.1) is 0 Å². The van der Waals surface area contributed by atoms with Gasteiger partial charge in [0.1, 0.15) is 0 Å². The third kappa shape index (κ3) is 6.91. The van der Waals surface area contributed by atoms with Crippen LogP contribution in [0.5, 0.6) is 0 Å². The Balaban J connectivity index is 0.000000132. The zero-order chi connectivity index (χ0) is 31.7. The van der Waals surface area contributed by atoms with Gasteiger partial charge < -0.3 is 0 Å². The maximum atomic E-state index is 2.36. The van der Waals surface area contributed by atoms with Crippen molar-refractivity contribution in [2.45, 2.75) is 112 Å². The van der Waals surface area contributed by atoms with E-state index < -0.39 is 0 Å². The molecule has 44 heavy (non-hydrogen) atoms. The van der Waals surface area contributed by atoms with Gasteiger partial charge in [-0.3, -0.25) is 0 Å². The van der Waals surface area contributed by atoms with E-state index >= 15 is 0 Å². The molecular weight excluding hydrogens is 528 g/mol. The fourth-order valence-corrected chi connectivity index (χ4v) is 8.20. The van der Waals surface area contributed by atoms with Crippen LogP contribution in [0.4, 0.5) is 0 Å². The Bertz CT molecular complexity index is 1500. The average Bonchev–Trinajstić information content (AvgIpc) is 3.57. The van der Waals surface area contributed by atoms with Gasteiger partial charge in [0.2, 0.25) is 0 Å². The lowest BCUT2D eigenvalue weighted by molar-refractivity contribution is 0.289. The minimum Gasteiger partial charge on any atom is -0.0620 e. The van der Waals surface area contributed by atoms with Crippen molar-refractivity contribution in [1.29, 1.82) is 0 Å². The number of hydrogen-bond acceptors (Lipinski definition) is 0. The molecule has 2 unspecified atom stereocenters. The molecule has 232 valence electrons. The van der Waals surface area contributed by atoms with Crippen molar-refractivity contribution in [3.8, 4) is 11.1 Å². The predicted octanol–water partition coefficient (Wildman–Crippen LogP) is 12.8. The Morgan fingerprint density at radius 2 is 0.795 bits per heavy atom. The normalized spacial score (nSPS) is 18.9. The first kappa shape index (κ1) is 32.3. The van der Waals surface area contributed by atoms with Crippen molar-refractivity contribution in [3.63, 3.8) is 0 Å². The summed E-state index contributed by atoms with van der Waals surface area (Å²) >= 11 is 0. The van der Waals surface area contributed by atoms with Gasteiger partial charge in [-0.1, -0.05) is 159 Å². The molecule has 0 aliphatic heterocycles. The summed E-state index contributed by atoms with van der Waals surface area (Å²) in [6, 6.07) is 35.5. The Morgan fingerprint density at radius 1 is 0.409 bits per heavy atom. The van der Waals surface area contributed by atoms with Crippen molar-refractivity contribution in [1.82, 2.24) is 0 Å². The molecule has 4 aromatic carbocycles. The van der Waals surface area contributed by atoms with Crippen LogP contribution in [-0.4, -0.2) is 0 Å². The molecule has 0 heterocycles. The molecule has 0 heteroatoms. The van der Waals surface area contributed by atoms with Crippen LogP contribution in [-0.2, 0) is 12.8 Å². The van der Waals surface area contributed by atoms with Gasteiger partial charge in [-0.2, -0.15) is 0 Å². The van der Waals surface area contributed by atoms with Gasteiger partial charge in [0.25, 0.3) is 0 Å². The van der Waals surface area contributed by atoms with E-state index in [0.29, 0.717) is 16.7 Å². The second kappa shape index (κ2) is 12.7. The maximum absolute atomic E-state index is 2.36. The van der Waals surface area contributed by atoms with E-state index in [-0.39, 0.29) is 5.41 Å². The highest BCUT2D eigenvalue weighted by Crippen LogP contribution is 2.52. The lowest BCUT2D eigenvalue weighted by Crippen LogP contribution is -2.22. The largest absolute Gasteiger partial charge is 0.0620 e. The fourth-order valence-electron chi connectivity index (χ4n) is 8.20. The Hall–Kier alpha value is -3.12. The smallest absolute Gasteiger partial charge is 0.0150 e. The van der Waals surface area contributed by atoms with Gasteiger partial charge in [0.05, 0.1) is 0 Å². The second-order valence-electron chi connectivity index (χ2n) is 16.6. The first-order valence-corrected chi connectivity index (χ1v) is 17.1. The van der Waals surface area contributed by atoms with Crippen LogP contribution in [0, 0.1) is 16.2 Å². The minimum atomic E-state index is 0.267. The van der Waals surface area contributed by atoms with Crippen molar-refractivity contribution < 1.29 is 0 Å². The standard InChI is InChI=1S/C17H18.C14H20.C13H18/c1-17(2,3)16-14-10-6-4-8-12(14)13-9-5-7-11-15(13)16;1-14(2,3)13-10-6-8-11-7-4-5-9-12(11)13;1-13(2,3)12-9-8-10-6-4-5-7-11(10)12/h4-11,16H,1-3H3;4-5,7,9,13H,6,8,10H2,1-3H3;4-7,12H,8-9H2,1-3H3. The molecule has 0 aromatic heterocycles. The van der Waals surface area contributed by atoms with Gasteiger partial charge in [0, 0.05) is 5.92 Å². The van der Waals surface area contributed by atoms with Crippen LogP contribution in [0.3, 0.4) is 0 Å². The molecule has 0 saturated carbocycles. The Labute approximate surface area is 269 Å². The summed E-state index contributed by atoms with van der Waals surface area (Å²) in [7, 11) is 0. The number of aryl methyl sites for hydroxylation is 2. The molecule has 0 radical (unpaired) electrons. The summed E-state index contributed by atoms with van der Waals surface area (Å²) in [5.41, 5.74) is 13.3. The molecule has 3 aliphatic rings. The van der Waals surface area contributed by atoms with Crippen molar-refractivity contribution >= 4 is 0 Å². The average molecular weight is 585 g/mol. The zero-order valence-electron chi connectivity index (χ0n) is 29.0. The molecule has 3 aliphatic carbocycles. The van der Waals surface area contributed by atoms with E-state index in [1.807, 2.05) is 0 Å². The molecule has 2 atom stereocenters. The number of hydrogen-bond donors (Lipinski definition) is 0. The fraction of sp³-hybridized carbons (Fsp3) is 0.455. The molecule has 0 bridgehead atoms. The van der Waals surface area contributed by atoms with Crippen LogP contribution in [0.1, 0.15) is 133 Å². The minimum absolute atomic E-state index is 0.267. The number of benzene rings is 4. The number of rotatable bonds is 0. The van der Waals surface area contributed by atoms with Gasteiger partial charge in [-0.25, -0.2) is 0 Å². The highest BCUT2D eigenvalue weighted by molar-refractivity contribution is 5.79. The second-order valence-corrected chi connectivity index (χ2v) is 16.6. The lowest BCUT2D eigenvalue weighted by atomic mass is 9.69. The third-order valence-electron chi connectivity index (χ3n) is 10.3. The van der Waals surface area contributed by atoms with E-state index in [1.165, 1.54) is 54.4 Å². The van der Waals surface area contributed by atoms with Crippen molar-refractivity contribution in [2.24, 2.45) is 16.2 Å². The molecule has 4 aromatic rings. The van der Waals surface area contributed by atoms with Gasteiger partial charge in [-0.05, 0) is 105 Å². The van der Waals surface area contributed by atoms with Crippen LogP contribution in [0.25, 0.3) is 11.1 Å². The van der Waals surface area contributed by atoms with Crippen LogP contribution in [0.15, 0.2) is 97.1 Å². The molecule has 0 fully saturated rings. The molecule has 0 amide bonds. The van der Waals surface area contributed by atoms with E-state index in [1.54, 1.807) is 22.3 Å². The van der Waals surface area contributed by atoms with E-state index in [4.69, 9.17) is 0 Å². The molecule has 7 rings (SSSR count). The van der Waals surface area contributed by atoms with Crippen molar-refractivity contribution in [2.75, 3.05) is 0 Å². The van der Waals surface area contributed by atoms with Crippen molar-refractivity contribution in [3.05, 3.63) is 130 Å². The molecule has 0 nitrogen and oxygen atoms in total. The first-order valence-electron chi connectivity index (χ1n) is 17.1. The quantitative estimate of drug-likeness (QED) is 0.193. The maximum Gasteiger partial charge on any atom is 0.0150 e. The monoisotopic (exact) mass is 584 g/mol. The van der Waals surface area contributed by atoms with E-state index in [2.05, 4.69) is 159 Å². The summed E-state index contributed by atoms with van der Waals surface area (Å²) in [5.74, 6) is 2.05. The lowest BCUT2D eigenvalue weighted by Gasteiger charge is -2.35. The highest BCUT2D eigenvalue weighted by atomic mass is 14.4. The third-order valence-corrected chi connectivity index (χ3v) is 10.3. The molecular formula is C44H56. The van der Waals surface area contributed by atoms with E-state index in [0.717, 1.165) is 11.8 Å². The highest BCUT2D eigenvalue weighted by Gasteiger charge is 2.36. The molecule has 0 N–H and O–H groups in total. The van der Waals surface area contributed by atoms with Crippen LogP contribution in [0.2, 0.25) is 0 Å². The summed E-state index contributed by atoms with van der Waals surface area (Å²) in [6.45, 7) is 21.1. The summed E-state index contributed by atoms with van der Waals surface area (Å²) in [5, 5.41) is 0. The predicted molar refractivity (Wildman–Crippen MR) is 192 cm³/mol. The Kier molecular flexibility index (Phi) is 9.32. The van der Waals surface area contributed by atoms with Gasteiger partial charge in [0.15, 0.2) is 0 Å². The first-order chi connectivity index (χ1) is 20.8. The Morgan fingerprint density at radius 3 is 1.25 bits per heavy atom. The van der Waals surface area contributed by atoms with Gasteiger partial charge >= 0.3 is 0 Å². The van der Waals surface area contributed by atoms with Crippen LogP contribution >= 0.6 is 0 Å². The summed E-state index contributed by atoms with van der Waals surface area (Å²) < 4.78 is 0.